The van der Waals surface area contributed by atoms with E-state index in [2.05, 4.69) is 16.5 Å². The highest BCUT2D eigenvalue weighted by Gasteiger charge is 2.25. The van der Waals surface area contributed by atoms with Crippen molar-refractivity contribution in [3.05, 3.63) is 0 Å². The third kappa shape index (κ3) is 2.97. The summed E-state index contributed by atoms with van der Waals surface area (Å²) in [7, 11) is 0. The van der Waals surface area contributed by atoms with Crippen LogP contribution in [0.3, 0.4) is 0 Å². The SMILES string of the molecule is C[C@@H]1CCN[C@@H](C(=O)OCl)C1.O. The molecule has 0 aromatic heterocycles. The van der Waals surface area contributed by atoms with Crippen LogP contribution in [0, 0.1) is 5.92 Å². The van der Waals surface area contributed by atoms with Gasteiger partial charge in [-0.3, -0.25) is 0 Å². The highest BCUT2D eigenvalue weighted by Crippen LogP contribution is 2.15. The zero-order valence-corrected chi connectivity index (χ0v) is 7.73. The fourth-order valence-corrected chi connectivity index (χ4v) is 1.45. The molecule has 1 fully saturated rings. The van der Waals surface area contributed by atoms with Crippen molar-refractivity contribution in [1.82, 2.24) is 5.32 Å². The number of nitrogens with one attached hydrogen (secondary N) is 1. The first-order chi connectivity index (χ1) is 5.24. The summed E-state index contributed by atoms with van der Waals surface area (Å²) < 4.78 is 4.11. The highest BCUT2D eigenvalue weighted by atomic mass is 35.5. The minimum Gasteiger partial charge on any atom is -0.412 e. The molecule has 1 aliphatic rings. The smallest absolute Gasteiger partial charge is 0.341 e. The van der Waals surface area contributed by atoms with E-state index in [-0.39, 0.29) is 17.5 Å². The maximum Gasteiger partial charge on any atom is 0.341 e. The highest BCUT2D eigenvalue weighted by molar-refractivity contribution is 6.13. The van der Waals surface area contributed by atoms with Gasteiger partial charge in [-0.15, -0.1) is 0 Å². The molecule has 1 aliphatic heterocycles. The van der Waals surface area contributed by atoms with Gasteiger partial charge in [0.05, 0.1) is 0 Å². The lowest BCUT2D eigenvalue weighted by molar-refractivity contribution is -0.137. The molecule has 1 heterocycles. The van der Waals surface area contributed by atoms with Gasteiger partial charge in [0, 0.05) is 0 Å². The molecule has 12 heavy (non-hydrogen) atoms. The number of hydrogen-bond acceptors (Lipinski definition) is 3. The molecule has 5 heteroatoms. The Labute approximate surface area is 76.7 Å². The Morgan fingerprint density at radius 3 is 2.83 bits per heavy atom. The summed E-state index contributed by atoms with van der Waals surface area (Å²) in [5.74, 6) is 0.218. The van der Waals surface area contributed by atoms with Gasteiger partial charge < -0.3 is 15.1 Å². The van der Waals surface area contributed by atoms with E-state index in [0.29, 0.717) is 5.92 Å². The second-order valence-corrected chi connectivity index (χ2v) is 3.19. The lowest BCUT2D eigenvalue weighted by Crippen LogP contribution is -2.43. The summed E-state index contributed by atoms with van der Waals surface area (Å²) in [4.78, 5) is 10.9. The quantitative estimate of drug-likeness (QED) is 0.652. The molecule has 0 aromatic carbocycles. The van der Waals surface area contributed by atoms with Crippen molar-refractivity contribution in [2.24, 2.45) is 5.92 Å². The Hall–Kier alpha value is -0.320. The number of halogens is 1. The summed E-state index contributed by atoms with van der Waals surface area (Å²) in [5.41, 5.74) is 0. The van der Waals surface area contributed by atoms with Crippen LogP contribution in [-0.2, 0) is 9.08 Å². The van der Waals surface area contributed by atoms with Crippen molar-refractivity contribution in [1.29, 1.82) is 0 Å². The monoisotopic (exact) mass is 195 g/mol. The van der Waals surface area contributed by atoms with Crippen LogP contribution in [0.15, 0.2) is 0 Å². The molecular formula is C7H14ClNO3. The third-order valence-electron chi connectivity index (χ3n) is 2.03. The summed E-state index contributed by atoms with van der Waals surface area (Å²) in [6.45, 7) is 2.99. The van der Waals surface area contributed by atoms with Crippen molar-refractivity contribution in [2.45, 2.75) is 25.8 Å². The first kappa shape index (κ1) is 11.7. The molecule has 0 unspecified atom stereocenters. The van der Waals surface area contributed by atoms with Gasteiger partial charge in [0.1, 0.15) is 17.9 Å². The summed E-state index contributed by atoms with van der Waals surface area (Å²) in [5, 5.41) is 3.04. The van der Waals surface area contributed by atoms with Crippen LogP contribution in [0.25, 0.3) is 0 Å². The van der Waals surface area contributed by atoms with Crippen molar-refractivity contribution < 1.29 is 14.6 Å². The topological polar surface area (TPSA) is 69.8 Å². The standard InChI is InChI=1S/C7H12ClNO2.H2O/c1-5-2-3-9-6(4-5)7(10)11-8;/h5-6,9H,2-4H2,1H3;1H2/t5-,6-;/m1./s1. The molecule has 0 amide bonds. The van der Waals surface area contributed by atoms with Crippen molar-refractivity contribution in [2.75, 3.05) is 6.54 Å². The largest absolute Gasteiger partial charge is 0.412 e. The van der Waals surface area contributed by atoms with E-state index in [1.54, 1.807) is 0 Å². The van der Waals surface area contributed by atoms with E-state index in [4.69, 9.17) is 11.9 Å². The van der Waals surface area contributed by atoms with Gasteiger partial charge in [0.15, 0.2) is 0 Å². The Bertz CT molecular complexity index is 154. The van der Waals surface area contributed by atoms with Crippen LogP contribution in [0.2, 0.25) is 0 Å². The maximum atomic E-state index is 10.9. The maximum absolute atomic E-state index is 10.9. The lowest BCUT2D eigenvalue weighted by atomic mass is 9.94. The molecule has 0 aliphatic carbocycles. The molecule has 0 bridgehead atoms. The minimum absolute atomic E-state index is 0. The predicted octanol–water partition coefficient (Wildman–Crippen LogP) is 0.247. The Morgan fingerprint density at radius 1 is 1.67 bits per heavy atom. The van der Waals surface area contributed by atoms with Gasteiger partial charge in [-0.2, -0.15) is 0 Å². The summed E-state index contributed by atoms with van der Waals surface area (Å²) in [6.07, 6.45) is 1.94. The fourth-order valence-electron chi connectivity index (χ4n) is 1.34. The molecule has 72 valence electrons. The van der Waals surface area contributed by atoms with Gasteiger partial charge in [-0.1, -0.05) is 6.92 Å². The Morgan fingerprint density at radius 2 is 2.33 bits per heavy atom. The molecule has 0 saturated carbocycles. The van der Waals surface area contributed by atoms with Crippen LogP contribution in [0.4, 0.5) is 0 Å². The minimum atomic E-state index is -0.363. The van der Waals surface area contributed by atoms with Gasteiger partial charge >= 0.3 is 5.97 Å². The van der Waals surface area contributed by atoms with Crippen LogP contribution in [0.1, 0.15) is 19.8 Å². The van der Waals surface area contributed by atoms with E-state index < -0.39 is 0 Å². The van der Waals surface area contributed by atoms with E-state index in [9.17, 15) is 4.79 Å². The number of piperidine rings is 1. The van der Waals surface area contributed by atoms with Gasteiger partial charge in [0.25, 0.3) is 0 Å². The molecule has 4 nitrogen and oxygen atoms in total. The van der Waals surface area contributed by atoms with Crippen molar-refractivity contribution in [3.63, 3.8) is 0 Å². The van der Waals surface area contributed by atoms with Gasteiger partial charge in [0.2, 0.25) is 0 Å². The molecule has 1 rings (SSSR count). The molecule has 0 spiro atoms. The summed E-state index contributed by atoms with van der Waals surface area (Å²) in [6, 6.07) is -0.198. The first-order valence-electron chi connectivity index (χ1n) is 3.80. The first-order valence-corrected chi connectivity index (χ1v) is 4.10. The number of carbonyl (C=O) groups excluding carboxylic acids is 1. The van der Waals surface area contributed by atoms with Gasteiger partial charge in [-0.25, -0.2) is 4.79 Å². The number of hydrogen-bond donors (Lipinski definition) is 1. The molecule has 0 aromatic rings. The normalized spacial score (nSPS) is 28.8. The van der Waals surface area contributed by atoms with Crippen LogP contribution in [-0.4, -0.2) is 24.0 Å². The molecular weight excluding hydrogens is 182 g/mol. The van der Waals surface area contributed by atoms with E-state index in [0.717, 1.165) is 19.4 Å². The molecule has 3 N–H and O–H groups in total. The Balaban J connectivity index is 0.00000121. The van der Waals surface area contributed by atoms with Crippen LogP contribution < -0.4 is 5.32 Å². The average molecular weight is 196 g/mol. The van der Waals surface area contributed by atoms with Crippen LogP contribution in [0.5, 0.6) is 0 Å². The second-order valence-electron chi connectivity index (χ2n) is 3.03. The van der Waals surface area contributed by atoms with Crippen LogP contribution >= 0.6 is 11.9 Å². The van der Waals surface area contributed by atoms with Gasteiger partial charge in [-0.05, 0) is 25.3 Å². The van der Waals surface area contributed by atoms with E-state index in [1.165, 1.54) is 0 Å². The van der Waals surface area contributed by atoms with Crippen molar-refractivity contribution in [3.8, 4) is 0 Å². The van der Waals surface area contributed by atoms with E-state index >= 15 is 0 Å². The zero-order valence-electron chi connectivity index (χ0n) is 6.97. The average Bonchev–Trinajstić information content (AvgIpc) is 2.03. The van der Waals surface area contributed by atoms with Crippen molar-refractivity contribution >= 4 is 17.8 Å². The Kier molecular flexibility index (Phi) is 5.20. The summed E-state index contributed by atoms with van der Waals surface area (Å²) >= 11 is 4.94. The van der Waals surface area contributed by atoms with E-state index in [1.807, 2.05) is 0 Å². The zero-order chi connectivity index (χ0) is 8.27. The molecule has 0 radical (unpaired) electrons. The lowest BCUT2D eigenvalue weighted by Gasteiger charge is -2.25. The number of carbonyl (C=O) groups is 1. The molecule has 2 atom stereocenters. The second kappa shape index (κ2) is 5.35. The fraction of sp³-hybridized carbons (Fsp3) is 0.857. The molecule has 1 saturated heterocycles. The number of rotatable bonds is 1. The third-order valence-corrected chi connectivity index (χ3v) is 2.18. The predicted molar refractivity (Wildman–Crippen MR) is 45.7 cm³/mol.